The summed E-state index contributed by atoms with van der Waals surface area (Å²) >= 11 is 0. The predicted molar refractivity (Wildman–Crippen MR) is 94.1 cm³/mol. The van der Waals surface area contributed by atoms with Gasteiger partial charge in [0.2, 0.25) is 0 Å². The fraction of sp³-hybridized carbons (Fsp3) is 0.333. The van der Waals surface area contributed by atoms with Crippen molar-refractivity contribution in [2.45, 2.75) is 26.1 Å². The molecule has 0 saturated carbocycles. The highest BCUT2D eigenvalue weighted by atomic mass is 32.2. The summed E-state index contributed by atoms with van der Waals surface area (Å²) in [6.07, 6.45) is -1.44. The van der Waals surface area contributed by atoms with E-state index in [1.165, 1.54) is 0 Å². The zero-order valence-electron chi connectivity index (χ0n) is 14.3. The summed E-state index contributed by atoms with van der Waals surface area (Å²) in [6.45, 7) is 1.93. The number of halogens is 3. The number of pyridine rings is 1. The Kier molecular flexibility index (Phi) is 4.64. The summed E-state index contributed by atoms with van der Waals surface area (Å²) in [5, 5.41) is 0. The minimum atomic E-state index is -4.44. The summed E-state index contributed by atoms with van der Waals surface area (Å²) in [5.74, 6) is -0.0234. The average Bonchev–Trinajstić information content (AvgIpc) is 2.99. The molecule has 2 aromatic rings. The lowest BCUT2D eigenvalue weighted by Gasteiger charge is -2.15. The number of alkyl halides is 3. The summed E-state index contributed by atoms with van der Waals surface area (Å²) < 4.78 is 62.2. The van der Waals surface area contributed by atoms with Crippen molar-refractivity contribution in [1.82, 2.24) is 4.98 Å². The molecule has 26 heavy (non-hydrogen) atoms. The number of hydrogen-bond donors (Lipinski definition) is 0. The monoisotopic (exact) mass is 382 g/mol. The molecule has 0 saturated heterocycles. The molecule has 1 aromatic carbocycles. The van der Waals surface area contributed by atoms with Crippen molar-refractivity contribution in [3.63, 3.8) is 0 Å². The first kappa shape index (κ1) is 18.6. The highest BCUT2D eigenvalue weighted by Gasteiger charge is 2.33. The smallest absolute Gasteiger partial charge is 0.288 e. The standard InChI is InChI=1S/C18H17F3N2O2S/c1-11-15(4-3-14(23-11)5-6-26(2,24)25)16-8-13(18(19,20)21)7-12-9-22-10-17(12)16/h3-4,7-8,10H,5-6,9H2,1-2H3. The van der Waals surface area contributed by atoms with Gasteiger partial charge in [0, 0.05) is 41.4 Å². The summed E-state index contributed by atoms with van der Waals surface area (Å²) in [6, 6.07) is 5.61. The van der Waals surface area contributed by atoms with Crippen LogP contribution in [0.4, 0.5) is 13.2 Å². The second kappa shape index (κ2) is 6.50. The molecule has 0 spiro atoms. The normalized spacial score (nSPS) is 13.9. The molecule has 0 aliphatic carbocycles. The quantitative estimate of drug-likeness (QED) is 0.812. The number of rotatable bonds is 4. The molecule has 3 rings (SSSR count). The van der Waals surface area contributed by atoms with E-state index in [1.807, 2.05) is 0 Å². The fourth-order valence-electron chi connectivity index (χ4n) is 2.95. The molecule has 0 bridgehead atoms. The molecule has 4 nitrogen and oxygen atoms in total. The Morgan fingerprint density at radius 2 is 1.88 bits per heavy atom. The molecule has 1 aromatic heterocycles. The Hall–Kier alpha value is -2.22. The first-order valence-corrected chi connectivity index (χ1v) is 9.99. The van der Waals surface area contributed by atoms with Crippen LogP contribution >= 0.6 is 0 Å². The second-order valence-corrected chi connectivity index (χ2v) is 8.64. The first-order valence-electron chi connectivity index (χ1n) is 7.93. The molecular formula is C18H17F3N2O2S. The second-order valence-electron chi connectivity index (χ2n) is 6.38. The van der Waals surface area contributed by atoms with Gasteiger partial charge in [0.05, 0.1) is 17.9 Å². The molecule has 0 atom stereocenters. The molecule has 0 unspecified atom stereocenters. The minimum Gasteiger partial charge on any atom is -0.288 e. The van der Waals surface area contributed by atoms with Crippen LogP contribution in [-0.4, -0.2) is 31.6 Å². The molecule has 0 amide bonds. The number of nitrogens with zero attached hydrogens (tertiary/aromatic N) is 2. The van der Waals surface area contributed by atoms with Gasteiger partial charge in [-0.1, -0.05) is 6.07 Å². The Labute approximate surface area is 149 Å². The van der Waals surface area contributed by atoms with Crippen molar-refractivity contribution in [3.8, 4) is 11.1 Å². The van der Waals surface area contributed by atoms with Gasteiger partial charge in [-0.05, 0) is 36.2 Å². The van der Waals surface area contributed by atoms with Gasteiger partial charge in [0.25, 0.3) is 0 Å². The highest BCUT2D eigenvalue weighted by molar-refractivity contribution is 7.90. The van der Waals surface area contributed by atoms with E-state index < -0.39 is 21.6 Å². The van der Waals surface area contributed by atoms with Crippen molar-refractivity contribution in [2.75, 3.05) is 12.0 Å². The number of aromatic nitrogens is 1. The molecule has 138 valence electrons. The van der Waals surface area contributed by atoms with E-state index >= 15 is 0 Å². The third-order valence-electron chi connectivity index (χ3n) is 4.24. The van der Waals surface area contributed by atoms with Crippen LogP contribution in [0, 0.1) is 6.92 Å². The van der Waals surface area contributed by atoms with E-state index in [9.17, 15) is 21.6 Å². The van der Waals surface area contributed by atoms with Gasteiger partial charge in [-0.3, -0.25) is 9.98 Å². The molecule has 0 radical (unpaired) electrons. The van der Waals surface area contributed by atoms with Crippen molar-refractivity contribution in [2.24, 2.45) is 4.99 Å². The van der Waals surface area contributed by atoms with Gasteiger partial charge < -0.3 is 0 Å². The number of benzene rings is 1. The van der Waals surface area contributed by atoms with Gasteiger partial charge in [0.1, 0.15) is 9.84 Å². The largest absolute Gasteiger partial charge is 0.416 e. The van der Waals surface area contributed by atoms with Gasteiger partial charge in [-0.25, -0.2) is 8.42 Å². The third kappa shape index (κ3) is 3.95. The fourth-order valence-corrected chi connectivity index (χ4v) is 3.53. The minimum absolute atomic E-state index is 0.0234. The Bertz CT molecular complexity index is 996. The summed E-state index contributed by atoms with van der Waals surface area (Å²) in [5.41, 5.74) is 2.67. The van der Waals surface area contributed by atoms with Crippen LogP contribution in [0.1, 0.15) is 28.1 Å². The zero-order chi connectivity index (χ0) is 19.1. The number of hydrogen-bond acceptors (Lipinski definition) is 4. The van der Waals surface area contributed by atoms with Gasteiger partial charge in [-0.2, -0.15) is 13.2 Å². The lowest BCUT2D eigenvalue weighted by Crippen LogP contribution is -2.09. The lowest BCUT2D eigenvalue weighted by molar-refractivity contribution is -0.137. The van der Waals surface area contributed by atoms with Crippen LogP contribution in [0.15, 0.2) is 29.3 Å². The van der Waals surface area contributed by atoms with Crippen molar-refractivity contribution < 1.29 is 21.6 Å². The van der Waals surface area contributed by atoms with Crippen molar-refractivity contribution >= 4 is 16.1 Å². The van der Waals surface area contributed by atoms with E-state index in [1.54, 1.807) is 25.3 Å². The number of aliphatic imine (C=N–C) groups is 1. The Morgan fingerprint density at radius 1 is 1.15 bits per heavy atom. The predicted octanol–water partition coefficient (Wildman–Crippen LogP) is 3.60. The molecule has 1 aliphatic heterocycles. The number of aryl methyl sites for hydroxylation is 2. The van der Waals surface area contributed by atoms with E-state index in [-0.39, 0.29) is 18.7 Å². The number of sulfone groups is 1. The summed E-state index contributed by atoms with van der Waals surface area (Å²) in [7, 11) is -3.11. The molecule has 0 N–H and O–H groups in total. The van der Waals surface area contributed by atoms with Crippen LogP contribution in [-0.2, 0) is 29.0 Å². The van der Waals surface area contributed by atoms with Crippen molar-refractivity contribution in [3.05, 3.63) is 52.3 Å². The molecule has 2 heterocycles. The van der Waals surface area contributed by atoms with Crippen LogP contribution in [0.3, 0.4) is 0 Å². The van der Waals surface area contributed by atoms with E-state index in [4.69, 9.17) is 0 Å². The van der Waals surface area contributed by atoms with Crippen molar-refractivity contribution in [1.29, 1.82) is 0 Å². The Balaban J connectivity index is 2.04. The maximum absolute atomic E-state index is 13.2. The van der Waals surface area contributed by atoms with Crippen LogP contribution in [0.2, 0.25) is 0 Å². The Morgan fingerprint density at radius 3 is 2.50 bits per heavy atom. The average molecular weight is 382 g/mol. The maximum atomic E-state index is 13.2. The maximum Gasteiger partial charge on any atom is 0.416 e. The van der Waals surface area contributed by atoms with Crippen LogP contribution in [0.5, 0.6) is 0 Å². The molecule has 8 heteroatoms. The SMILES string of the molecule is Cc1nc(CCS(C)(=O)=O)ccc1-c1cc(C(F)(F)F)cc2c1C=NC2. The topological polar surface area (TPSA) is 59.4 Å². The van der Waals surface area contributed by atoms with Gasteiger partial charge in [0.15, 0.2) is 0 Å². The van der Waals surface area contributed by atoms with Gasteiger partial charge >= 0.3 is 6.18 Å². The van der Waals surface area contributed by atoms with Crippen LogP contribution in [0.25, 0.3) is 11.1 Å². The summed E-state index contributed by atoms with van der Waals surface area (Å²) in [4.78, 5) is 8.46. The van der Waals surface area contributed by atoms with E-state index in [2.05, 4.69) is 9.98 Å². The molecular weight excluding hydrogens is 365 g/mol. The van der Waals surface area contributed by atoms with E-state index in [0.717, 1.165) is 18.4 Å². The molecule has 1 aliphatic rings. The highest BCUT2D eigenvalue weighted by Crippen LogP contribution is 2.37. The van der Waals surface area contributed by atoms with Gasteiger partial charge in [-0.15, -0.1) is 0 Å². The first-order chi connectivity index (χ1) is 12.0. The zero-order valence-corrected chi connectivity index (χ0v) is 15.1. The molecule has 0 fully saturated rings. The number of fused-ring (bicyclic) bond motifs is 1. The third-order valence-corrected chi connectivity index (χ3v) is 5.18. The lowest BCUT2D eigenvalue weighted by atomic mass is 9.93. The van der Waals surface area contributed by atoms with Crippen LogP contribution < -0.4 is 0 Å². The van der Waals surface area contributed by atoms with E-state index in [0.29, 0.717) is 33.6 Å².